The van der Waals surface area contributed by atoms with Crippen LogP contribution in [0.3, 0.4) is 0 Å². The predicted molar refractivity (Wildman–Crippen MR) is 109 cm³/mol. The molecule has 27 heavy (non-hydrogen) atoms. The van der Waals surface area contributed by atoms with Gasteiger partial charge in [0.1, 0.15) is 5.01 Å². The summed E-state index contributed by atoms with van der Waals surface area (Å²) in [7, 11) is 0. The summed E-state index contributed by atoms with van der Waals surface area (Å²) >= 11 is 13.5. The number of carbonyl (C=O) groups is 1. The Balaban J connectivity index is 1.45. The van der Waals surface area contributed by atoms with E-state index in [1.165, 1.54) is 22.5 Å². The number of hydrogen-bond acceptors (Lipinski definition) is 5. The fourth-order valence-electron chi connectivity index (χ4n) is 2.99. The number of anilines is 1. The van der Waals surface area contributed by atoms with E-state index in [9.17, 15) is 4.79 Å². The van der Waals surface area contributed by atoms with E-state index in [2.05, 4.69) is 20.8 Å². The number of fused-ring (bicyclic) bond motifs is 1. The number of aromatic nitrogens is 2. The first kappa shape index (κ1) is 18.4. The molecule has 1 amide bonds. The van der Waals surface area contributed by atoms with Crippen LogP contribution < -0.4 is 10.6 Å². The number of hydrogen-bond donors (Lipinski definition) is 2. The molecule has 138 valence electrons. The van der Waals surface area contributed by atoms with Crippen molar-refractivity contribution in [2.75, 3.05) is 11.9 Å². The summed E-state index contributed by atoms with van der Waals surface area (Å²) in [6, 6.07) is 11.2. The van der Waals surface area contributed by atoms with Crippen LogP contribution in [0.1, 0.15) is 32.1 Å². The molecule has 0 atom stereocenters. The number of nitrogens with one attached hydrogen (secondary N) is 2. The van der Waals surface area contributed by atoms with Gasteiger partial charge in [-0.15, -0.1) is 10.2 Å². The normalized spacial score (nSPS) is 13.3. The number of benzene rings is 2. The highest BCUT2D eigenvalue weighted by Gasteiger charge is 2.15. The van der Waals surface area contributed by atoms with Gasteiger partial charge in [0.05, 0.1) is 0 Å². The van der Waals surface area contributed by atoms with Crippen LogP contribution >= 0.6 is 34.5 Å². The quantitative estimate of drug-likeness (QED) is 0.661. The minimum absolute atomic E-state index is 0.177. The number of halogens is 2. The molecule has 4 rings (SSSR count). The zero-order valence-corrected chi connectivity index (χ0v) is 16.6. The maximum Gasteiger partial charge on any atom is 0.257 e. The van der Waals surface area contributed by atoms with E-state index in [0.717, 1.165) is 30.1 Å². The highest BCUT2D eigenvalue weighted by atomic mass is 35.5. The smallest absolute Gasteiger partial charge is 0.257 e. The Bertz CT molecular complexity index is 1010. The third-order valence-electron chi connectivity index (χ3n) is 4.40. The lowest BCUT2D eigenvalue weighted by molar-refractivity contribution is 0.102. The second-order valence-corrected chi connectivity index (χ2v) is 8.18. The van der Waals surface area contributed by atoms with Gasteiger partial charge in [-0.2, -0.15) is 0 Å². The molecule has 2 heterocycles. The molecule has 0 bridgehead atoms. The highest BCUT2D eigenvalue weighted by molar-refractivity contribution is 7.15. The van der Waals surface area contributed by atoms with Crippen molar-refractivity contribution >= 4 is 45.6 Å². The van der Waals surface area contributed by atoms with E-state index in [4.69, 9.17) is 23.2 Å². The molecule has 0 spiro atoms. The van der Waals surface area contributed by atoms with E-state index in [1.807, 2.05) is 24.3 Å². The third-order valence-corrected chi connectivity index (χ3v) is 5.82. The van der Waals surface area contributed by atoms with Crippen molar-refractivity contribution in [2.45, 2.75) is 19.4 Å². The van der Waals surface area contributed by atoms with Gasteiger partial charge in [-0.25, -0.2) is 0 Å². The van der Waals surface area contributed by atoms with E-state index in [1.54, 1.807) is 12.1 Å². The molecule has 0 aliphatic carbocycles. The SMILES string of the molecule is O=C(Nc1nnc(Cc2ccc(Cl)cc2Cl)s1)c1ccc2c(c1)CCNC2. The fraction of sp³-hybridized carbons (Fsp3) is 0.211. The summed E-state index contributed by atoms with van der Waals surface area (Å²) in [6.07, 6.45) is 1.47. The van der Waals surface area contributed by atoms with Crippen molar-refractivity contribution in [1.82, 2.24) is 15.5 Å². The van der Waals surface area contributed by atoms with E-state index in [-0.39, 0.29) is 5.91 Å². The summed E-state index contributed by atoms with van der Waals surface area (Å²) < 4.78 is 0. The van der Waals surface area contributed by atoms with Crippen molar-refractivity contribution < 1.29 is 4.79 Å². The van der Waals surface area contributed by atoms with Gasteiger partial charge >= 0.3 is 0 Å². The Hall–Kier alpha value is -1.99. The molecule has 1 aliphatic rings. The Labute approximate surface area is 170 Å². The first-order valence-electron chi connectivity index (χ1n) is 8.48. The van der Waals surface area contributed by atoms with Gasteiger partial charge in [-0.3, -0.25) is 10.1 Å². The molecule has 0 unspecified atom stereocenters. The van der Waals surface area contributed by atoms with Crippen LogP contribution in [0.25, 0.3) is 0 Å². The van der Waals surface area contributed by atoms with Crippen LogP contribution in [0, 0.1) is 0 Å². The maximum atomic E-state index is 12.5. The molecule has 1 aromatic heterocycles. The van der Waals surface area contributed by atoms with Gasteiger partial charge in [0.2, 0.25) is 5.13 Å². The van der Waals surface area contributed by atoms with Gasteiger partial charge in [-0.1, -0.05) is 46.7 Å². The summed E-state index contributed by atoms with van der Waals surface area (Å²) in [6.45, 7) is 1.79. The van der Waals surface area contributed by atoms with Crippen LogP contribution in [0.15, 0.2) is 36.4 Å². The summed E-state index contributed by atoms with van der Waals surface area (Å²) in [5.74, 6) is -0.177. The van der Waals surface area contributed by atoms with Crippen molar-refractivity contribution in [1.29, 1.82) is 0 Å². The Morgan fingerprint density at radius 1 is 1.15 bits per heavy atom. The van der Waals surface area contributed by atoms with Gasteiger partial charge < -0.3 is 5.32 Å². The Kier molecular flexibility index (Phi) is 5.41. The lowest BCUT2D eigenvalue weighted by Gasteiger charge is -2.17. The maximum absolute atomic E-state index is 12.5. The van der Waals surface area contributed by atoms with Crippen LogP contribution in [-0.4, -0.2) is 22.6 Å². The molecular weight excluding hydrogens is 403 g/mol. The summed E-state index contributed by atoms with van der Waals surface area (Å²) in [4.78, 5) is 12.5. The van der Waals surface area contributed by atoms with E-state index in [0.29, 0.717) is 27.2 Å². The number of nitrogens with zero attached hydrogens (tertiary/aromatic N) is 2. The molecule has 2 aromatic carbocycles. The largest absolute Gasteiger partial charge is 0.312 e. The number of carbonyl (C=O) groups excluding carboxylic acids is 1. The van der Waals surface area contributed by atoms with Gasteiger partial charge in [0.25, 0.3) is 5.91 Å². The zero-order valence-electron chi connectivity index (χ0n) is 14.3. The minimum atomic E-state index is -0.177. The number of rotatable bonds is 4. The van der Waals surface area contributed by atoms with Crippen molar-refractivity contribution in [2.24, 2.45) is 0 Å². The van der Waals surface area contributed by atoms with Crippen LogP contribution in [-0.2, 0) is 19.4 Å². The average Bonchev–Trinajstić information content (AvgIpc) is 3.10. The lowest BCUT2D eigenvalue weighted by Crippen LogP contribution is -2.24. The highest BCUT2D eigenvalue weighted by Crippen LogP contribution is 2.26. The molecule has 8 heteroatoms. The molecule has 2 N–H and O–H groups in total. The molecule has 3 aromatic rings. The predicted octanol–water partition coefficient (Wildman–Crippen LogP) is 4.33. The van der Waals surface area contributed by atoms with Crippen LogP contribution in [0.2, 0.25) is 10.0 Å². The molecule has 0 saturated heterocycles. The molecule has 0 radical (unpaired) electrons. The standard InChI is InChI=1S/C19H16Cl2N4OS/c20-15-4-3-12(16(21)9-15)8-17-24-25-19(27-17)23-18(26)13-1-2-14-10-22-6-5-11(14)7-13/h1-4,7,9,22H,5-6,8,10H2,(H,23,25,26). The van der Waals surface area contributed by atoms with Crippen molar-refractivity contribution in [3.63, 3.8) is 0 Å². The molecular formula is C19H16Cl2N4OS. The molecule has 0 saturated carbocycles. The van der Waals surface area contributed by atoms with E-state index < -0.39 is 0 Å². The van der Waals surface area contributed by atoms with Crippen molar-refractivity contribution in [3.8, 4) is 0 Å². The minimum Gasteiger partial charge on any atom is -0.312 e. The van der Waals surface area contributed by atoms with Gasteiger partial charge in [0.15, 0.2) is 0 Å². The summed E-state index contributed by atoms with van der Waals surface area (Å²) in [5.41, 5.74) is 4.01. The Morgan fingerprint density at radius 3 is 2.89 bits per heavy atom. The number of amides is 1. The first-order valence-corrected chi connectivity index (χ1v) is 10.1. The zero-order chi connectivity index (χ0) is 18.8. The fourth-order valence-corrected chi connectivity index (χ4v) is 4.22. The molecule has 0 fully saturated rings. The van der Waals surface area contributed by atoms with Gasteiger partial charge in [0, 0.05) is 28.6 Å². The third kappa shape index (κ3) is 4.30. The molecule has 5 nitrogen and oxygen atoms in total. The monoisotopic (exact) mass is 418 g/mol. The summed E-state index contributed by atoms with van der Waals surface area (Å²) in [5, 5.41) is 16.8. The molecule has 1 aliphatic heterocycles. The first-order chi connectivity index (χ1) is 13.1. The average molecular weight is 419 g/mol. The lowest BCUT2D eigenvalue weighted by atomic mass is 9.98. The van der Waals surface area contributed by atoms with Crippen LogP contribution in [0.5, 0.6) is 0 Å². The second-order valence-electron chi connectivity index (χ2n) is 6.28. The topological polar surface area (TPSA) is 66.9 Å². The van der Waals surface area contributed by atoms with Gasteiger partial charge in [-0.05, 0) is 53.9 Å². The van der Waals surface area contributed by atoms with E-state index >= 15 is 0 Å². The van der Waals surface area contributed by atoms with Crippen LogP contribution in [0.4, 0.5) is 5.13 Å². The second kappa shape index (κ2) is 7.94. The Morgan fingerprint density at radius 2 is 2.04 bits per heavy atom. The van der Waals surface area contributed by atoms with Crippen molar-refractivity contribution in [3.05, 3.63) is 73.7 Å².